The van der Waals surface area contributed by atoms with Gasteiger partial charge in [0.25, 0.3) is 11.8 Å². The van der Waals surface area contributed by atoms with E-state index in [2.05, 4.69) is 10.6 Å². The molecule has 0 aliphatic carbocycles. The monoisotopic (exact) mass is 602 g/mol. The predicted molar refractivity (Wildman–Crippen MR) is 168 cm³/mol. The van der Waals surface area contributed by atoms with Crippen molar-refractivity contribution in [3.63, 3.8) is 0 Å². The Morgan fingerprint density at radius 3 is 1.48 bits per heavy atom. The molecule has 1 aliphatic heterocycles. The van der Waals surface area contributed by atoms with E-state index in [9.17, 15) is 19.2 Å². The van der Waals surface area contributed by atoms with Crippen LogP contribution in [0.1, 0.15) is 85.5 Å². The van der Waals surface area contributed by atoms with Crippen molar-refractivity contribution in [2.45, 2.75) is 64.8 Å². The van der Waals surface area contributed by atoms with Crippen molar-refractivity contribution in [1.82, 2.24) is 15.5 Å². The van der Waals surface area contributed by atoms with E-state index in [-0.39, 0.29) is 24.4 Å². The number of alkyl carbamates (subject to hydrolysis) is 2. The third kappa shape index (κ3) is 9.95. The van der Waals surface area contributed by atoms with E-state index < -0.39 is 29.4 Å². The fraction of sp³-hybridized carbons (Fsp3) is 0.353. The Labute approximate surface area is 258 Å². The fourth-order valence-electron chi connectivity index (χ4n) is 4.34. The molecule has 0 saturated heterocycles. The summed E-state index contributed by atoms with van der Waals surface area (Å²) in [5, 5.41) is 5.33. The molecule has 0 aromatic heterocycles. The number of nitrogens with one attached hydrogen (secondary N) is 2. The van der Waals surface area contributed by atoms with Crippen LogP contribution >= 0.6 is 0 Å². The van der Waals surface area contributed by atoms with E-state index >= 15 is 0 Å². The second-order valence-corrected chi connectivity index (χ2v) is 12.2. The Morgan fingerprint density at radius 1 is 0.659 bits per heavy atom. The molecular weight excluding hydrogens is 560 g/mol. The summed E-state index contributed by atoms with van der Waals surface area (Å²) in [6.45, 7) is 11.2. The molecular formula is C34H42N4O6. The van der Waals surface area contributed by atoms with Crippen molar-refractivity contribution >= 4 is 24.0 Å². The summed E-state index contributed by atoms with van der Waals surface area (Å²) in [5.41, 5.74) is 7.31. The highest BCUT2D eigenvalue weighted by atomic mass is 16.6. The van der Waals surface area contributed by atoms with Crippen LogP contribution in [0.2, 0.25) is 0 Å². The number of amides is 4. The van der Waals surface area contributed by atoms with Gasteiger partial charge < -0.3 is 25.8 Å². The van der Waals surface area contributed by atoms with Crippen LogP contribution < -0.4 is 16.4 Å². The van der Waals surface area contributed by atoms with E-state index in [0.717, 1.165) is 11.1 Å². The summed E-state index contributed by atoms with van der Waals surface area (Å²) >= 11 is 0. The molecule has 234 valence electrons. The smallest absolute Gasteiger partial charge is 0.407 e. The number of nitrogens with two attached hydrogens (primary N) is 1. The molecule has 0 saturated carbocycles. The molecule has 4 N–H and O–H groups in total. The first-order valence-corrected chi connectivity index (χ1v) is 14.4. The zero-order valence-corrected chi connectivity index (χ0v) is 26.1. The van der Waals surface area contributed by atoms with Crippen LogP contribution in [0.25, 0.3) is 0 Å². The zero-order valence-electron chi connectivity index (χ0n) is 26.1. The molecule has 3 aromatic rings. The topological polar surface area (TPSA) is 140 Å². The summed E-state index contributed by atoms with van der Waals surface area (Å²) in [6, 6.07) is 24.7. The van der Waals surface area contributed by atoms with Gasteiger partial charge in [0.05, 0.1) is 17.2 Å². The van der Waals surface area contributed by atoms with Crippen molar-refractivity contribution in [3.05, 3.63) is 107 Å². The zero-order chi connectivity index (χ0) is 32.5. The van der Waals surface area contributed by atoms with Gasteiger partial charge in [0, 0.05) is 19.1 Å². The van der Waals surface area contributed by atoms with Gasteiger partial charge in [-0.3, -0.25) is 14.5 Å². The van der Waals surface area contributed by atoms with Crippen molar-refractivity contribution in [1.29, 1.82) is 0 Å². The third-order valence-electron chi connectivity index (χ3n) is 6.25. The van der Waals surface area contributed by atoms with Gasteiger partial charge in [0.15, 0.2) is 0 Å². The second kappa shape index (κ2) is 14.7. The molecule has 3 aromatic carbocycles. The largest absolute Gasteiger partial charge is 0.444 e. The molecule has 10 nitrogen and oxygen atoms in total. The normalized spacial score (nSPS) is 14.0. The maximum Gasteiger partial charge on any atom is 0.407 e. The van der Waals surface area contributed by atoms with Crippen LogP contribution in [0.15, 0.2) is 84.9 Å². The van der Waals surface area contributed by atoms with Crippen molar-refractivity contribution in [2.75, 3.05) is 13.1 Å². The summed E-state index contributed by atoms with van der Waals surface area (Å²) in [7, 11) is 0. The van der Waals surface area contributed by atoms with Gasteiger partial charge in [0.1, 0.15) is 11.2 Å². The van der Waals surface area contributed by atoms with E-state index in [4.69, 9.17) is 15.2 Å². The van der Waals surface area contributed by atoms with Crippen LogP contribution in [0.3, 0.4) is 0 Å². The highest BCUT2D eigenvalue weighted by Gasteiger charge is 2.40. The molecule has 0 spiro atoms. The quantitative estimate of drug-likeness (QED) is 0.292. The Morgan fingerprint density at radius 2 is 1.05 bits per heavy atom. The standard InChI is InChI=1S/C21H22N2O4.C13H20N2O2/c1-21(2,3)27-20(26)22-13-17(14-9-5-4-6-10-14)23-18(24)15-11-7-8-12-16(15)19(23)25;1-13(2,3)17-12(16)15-9-11(14)10-7-5-4-6-8-10/h4-12,17H,13H2,1-3H3,(H,22,26);4-8,11H,9,14H2,1-3H3,(H,15,16). The molecule has 44 heavy (non-hydrogen) atoms. The average Bonchev–Trinajstić information content (AvgIpc) is 3.21. The second-order valence-electron chi connectivity index (χ2n) is 12.2. The lowest BCUT2D eigenvalue weighted by Gasteiger charge is -2.27. The highest BCUT2D eigenvalue weighted by molar-refractivity contribution is 6.21. The number of ether oxygens (including phenoxy) is 2. The first-order chi connectivity index (χ1) is 20.7. The van der Waals surface area contributed by atoms with E-state index in [1.54, 1.807) is 45.0 Å². The maximum absolute atomic E-state index is 12.9. The summed E-state index contributed by atoms with van der Waals surface area (Å²) in [4.78, 5) is 50.4. The molecule has 0 bridgehead atoms. The molecule has 0 fully saturated rings. The highest BCUT2D eigenvalue weighted by Crippen LogP contribution is 2.31. The minimum Gasteiger partial charge on any atom is -0.444 e. The predicted octanol–water partition coefficient (Wildman–Crippen LogP) is 5.76. The van der Waals surface area contributed by atoms with E-state index in [0.29, 0.717) is 17.7 Å². The average molecular weight is 603 g/mol. The number of carbonyl (C=O) groups excluding carboxylic acids is 4. The van der Waals surface area contributed by atoms with Crippen LogP contribution in [0, 0.1) is 0 Å². The lowest BCUT2D eigenvalue weighted by atomic mass is 10.1. The minimum absolute atomic E-state index is 0.0599. The number of benzene rings is 3. The van der Waals surface area contributed by atoms with Gasteiger partial charge in [-0.15, -0.1) is 0 Å². The number of carbonyl (C=O) groups is 4. The van der Waals surface area contributed by atoms with Gasteiger partial charge >= 0.3 is 12.2 Å². The molecule has 1 heterocycles. The number of rotatable bonds is 7. The number of fused-ring (bicyclic) bond motifs is 1. The van der Waals surface area contributed by atoms with E-state index in [1.165, 1.54) is 4.90 Å². The maximum atomic E-state index is 12.9. The third-order valence-corrected chi connectivity index (χ3v) is 6.25. The van der Waals surface area contributed by atoms with E-state index in [1.807, 2.05) is 81.4 Å². The van der Waals surface area contributed by atoms with Crippen LogP contribution in [0.4, 0.5) is 9.59 Å². The molecule has 4 rings (SSSR count). The minimum atomic E-state index is -0.637. The first-order valence-electron chi connectivity index (χ1n) is 14.4. The Bertz CT molecular complexity index is 1400. The van der Waals surface area contributed by atoms with Gasteiger partial charge in [-0.2, -0.15) is 0 Å². The number of imide groups is 1. The van der Waals surface area contributed by atoms with Crippen LogP contribution in [0.5, 0.6) is 0 Å². The summed E-state index contributed by atoms with van der Waals surface area (Å²) in [5.74, 6) is -0.731. The fourth-order valence-corrected chi connectivity index (χ4v) is 4.34. The number of hydrogen-bond acceptors (Lipinski definition) is 7. The lowest BCUT2D eigenvalue weighted by Crippen LogP contribution is -2.42. The lowest BCUT2D eigenvalue weighted by molar-refractivity contribution is 0.0467. The first kappa shape index (κ1) is 33.8. The molecule has 2 atom stereocenters. The Hall–Kier alpha value is -4.70. The molecule has 1 aliphatic rings. The van der Waals surface area contributed by atoms with Crippen molar-refractivity contribution < 1.29 is 28.7 Å². The van der Waals surface area contributed by atoms with Crippen LogP contribution in [-0.2, 0) is 9.47 Å². The van der Waals surface area contributed by atoms with Gasteiger partial charge in [-0.25, -0.2) is 9.59 Å². The SMILES string of the molecule is CC(C)(C)OC(=O)NCC(N)c1ccccc1.CC(C)(C)OC(=O)NCC(c1ccccc1)N1C(=O)c2ccccc2C1=O. The molecule has 10 heteroatoms. The molecule has 0 radical (unpaired) electrons. The van der Waals surface area contributed by atoms with Crippen molar-refractivity contribution in [3.8, 4) is 0 Å². The van der Waals surface area contributed by atoms with Gasteiger partial charge in [0.2, 0.25) is 0 Å². The number of hydrogen-bond donors (Lipinski definition) is 3. The molecule has 2 unspecified atom stereocenters. The molecule has 4 amide bonds. The Kier molecular flexibility index (Phi) is 11.3. The summed E-state index contributed by atoms with van der Waals surface area (Å²) < 4.78 is 10.4. The van der Waals surface area contributed by atoms with Gasteiger partial charge in [-0.1, -0.05) is 72.8 Å². The van der Waals surface area contributed by atoms with Gasteiger partial charge in [-0.05, 0) is 64.8 Å². The summed E-state index contributed by atoms with van der Waals surface area (Å²) in [6.07, 6.45) is -1.04. The van der Waals surface area contributed by atoms with Crippen molar-refractivity contribution in [2.24, 2.45) is 5.73 Å². The van der Waals surface area contributed by atoms with Crippen LogP contribution in [-0.4, -0.2) is 53.2 Å². The number of nitrogens with zero attached hydrogens (tertiary/aromatic N) is 1. The Balaban J connectivity index is 0.000000269.